The molecule has 1 amide bonds. The summed E-state index contributed by atoms with van der Waals surface area (Å²) in [6, 6.07) is 9.74. The minimum atomic E-state index is -0.266. The highest BCUT2D eigenvalue weighted by atomic mass is 79.9. The molecule has 2 nitrogen and oxygen atoms in total. The van der Waals surface area contributed by atoms with Gasteiger partial charge in [-0.2, -0.15) is 0 Å². The number of alkyl halides is 1. The Morgan fingerprint density at radius 3 is 2.32 bits per heavy atom. The first kappa shape index (κ1) is 13.2. The quantitative estimate of drug-likeness (QED) is 0.812. The number of amides is 1. The lowest BCUT2D eigenvalue weighted by molar-refractivity contribution is -0.155. The molecule has 3 aliphatic rings. The van der Waals surface area contributed by atoms with E-state index in [-0.39, 0.29) is 27.0 Å². The third-order valence-electron chi connectivity index (χ3n) is 6.01. The molecule has 3 fully saturated rings. The number of hydrogen-bond acceptors (Lipinski definition) is 1. The van der Waals surface area contributed by atoms with Crippen molar-refractivity contribution in [1.29, 1.82) is 0 Å². The number of carbonyl (C=O) groups excluding carboxylic acids is 1. The average molecular weight is 322 g/mol. The van der Waals surface area contributed by atoms with Crippen molar-refractivity contribution in [3.63, 3.8) is 0 Å². The van der Waals surface area contributed by atoms with Gasteiger partial charge < -0.3 is 5.32 Å². The lowest BCUT2D eigenvalue weighted by Crippen LogP contribution is -2.68. The molecule has 0 saturated heterocycles. The van der Waals surface area contributed by atoms with Gasteiger partial charge in [-0.25, -0.2) is 0 Å². The van der Waals surface area contributed by atoms with Crippen molar-refractivity contribution >= 4 is 27.5 Å². The molecule has 0 aromatic heterocycles. The van der Waals surface area contributed by atoms with Gasteiger partial charge in [-0.15, -0.1) is 0 Å². The molecule has 3 heteroatoms. The van der Waals surface area contributed by atoms with Gasteiger partial charge in [0.05, 0.1) is 5.41 Å². The molecule has 3 saturated carbocycles. The van der Waals surface area contributed by atoms with Gasteiger partial charge in [0.25, 0.3) is 0 Å². The largest absolute Gasteiger partial charge is 0.326 e. The Balaban J connectivity index is 1.89. The highest BCUT2D eigenvalue weighted by Crippen LogP contribution is 2.79. The standard InChI is InChI=1S/C16H20BrNO/c1-14(2)15(3)9-10-16(14,12(15)17)13(19)18-11-7-5-4-6-8-11/h4-8,12H,9-10H2,1-3H3,(H,18,19). The van der Waals surface area contributed by atoms with E-state index in [9.17, 15) is 4.79 Å². The summed E-state index contributed by atoms with van der Waals surface area (Å²) in [6.45, 7) is 6.78. The molecule has 1 aromatic rings. The van der Waals surface area contributed by atoms with E-state index in [1.165, 1.54) is 0 Å². The predicted molar refractivity (Wildman–Crippen MR) is 81.3 cm³/mol. The molecular formula is C16H20BrNO. The zero-order valence-corrected chi connectivity index (χ0v) is 13.3. The molecule has 2 bridgehead atoms. The molecule has 102 valence electrons. The van der Waals surface area contributed by atoms with Crippen molar-refractivity contribution in [1.82, 2.24) is 0 Å². The van der Waals surface area contributed by atoms with E-state index in [0.29, 0.717) is 0 Å². The van der Waals surface area contributed by atoms with Gasteiger partial charge >= 0.3 is 0 Å². The number of para-hydroxylation sites is 1. The Labute approximate surface area is 123 Å². The number of halogens is 1. The van der Waals surface area contributed by atoms with Crippen LogP contribution in [0.3, 0.4) is 0 Å². The van der Waals surface area contributed by atoms with Crippen LogP contribution in [0.4, 0.5) is 5.69 Å². The van der Waals surface area contributed by atoms with Crippen LogP contribution in [0, 0.1) is 16.2 Å². The molecule has 3 aliphatic carbocycles. The van der Waals surface area contributed by atoms with E-state index in [1.54, 1.807) is 0 Å². The fourth-order valence-electron chi connectivity index (χ4n) is 4.22. The molecule has 1 aromatic carbocycles. The average Bonchev–Trinajstić information content (AvgIpc) is 2.79. The van der Waals surface area contributed by atoms with E-state index >= 15 is 0 Å². The molecule has 19 heavy (non-hydrogen) atoms. The fraction of sp³-hybridized carbons (Fsp3) is 0.562. The van der Waals surface area contributed by atoms with E-state index in [0.717, 1.165) is 18.5 Å². The Hall–Kier alpha value is -0.830. The summed E-state index contributed by atoms with van der Waals surface area (Å²) in [6.07, 6.45) is 2.10. The van der Waals surface area contributed by atoms with Crippen molar-refractivity contribution in [3.8, 4) is 0 Å². The van der Waals surface area contributed by atoms with Crippen LogP contribution in [0.1, 0.15) is 33.6 Å². The predicted octanol–water partition coefficient (Wildman–Crippen LogP) is 4.21. The van der Waals surface area contributed by atoms with E-state index in [4.69, 9.17) is 0 Å². The topological polar surface area (TPSA) is 29.1 Å². The summed E-state index contributed by atoms with van der Waals surface area (Å²) < 4.78 is 0. The van der Waals surface area contributed by atoms with Crippen molar-refractivity contribution in [3.05, 3.63) is 30.3 Å². The monoisotopic (exact) mass is 321 g/mol. The van der Waals surface area contributed by atoms with Crippen LogP contribution in [0.5, 0.6) is 0 Å². The summed E-state index contributed by atoms with van der Waals surface area (Å²) in [5.74, 6) is 0.167. The van der Waals surface area contributed by atoms with Crippen LogP contribution < -0.4 is 5.32 Å². The molecule has 0 radical (unpaired) electrons. The molecule has 1 N–H and O–H groups in total. The van der Waals surface area contributed by atoms with Gasteiger partial charge in [0.15, 0.2) is 0 Å². The second-order valence-corrected chi connectivity index (χ2v) is 7.61. The highest BCUT2D eigenvalue weighted by molar-refractivity contribution is 9.09. The minimum absolute atomic E-state index is 0.0486. The van der Waals surface area contributed by atoms with Gasteiger partial charge in [-0.3, -0.25) is 4.79 Å². The van der Waals surface area contributed by atoms with Crippen molar-refractivity contribution in [2.45, 2.75) is 38.4 Å². The number of fused-ring (bicyclic) bond motifs is 1. The van der Waals surface area contributed by atoms with Crippen LogP contribution in [-0.2, 0) is 4.79 Å². The summed E-state index contributed by atoms with van der Waals surface area (Å²) in [5.41, 5.74) is 0.906. The molecule has 0 spiro atoms. The number of carbonyl (C=O) groups is 1. The van der Waals surface area contributed by atoms with E-state index in [2.05, 4.69) is 42.0 Å². The molecule has 3 atom stereocenters. The number of benzene rings is 1. The molecule has 0 aliphatic heterocycles. The van der Waals surface area contributed by atoms with Crippen LogP contribution in [0.25, 0.3) is 0 Å². The van der Waals surface area contributed by atoms with Gasteiger partial charge in [0, 0.05) is 10.5 Å². The normalized spacial score (nSPS) is 38.6. The van der Waals surface area contributed by atoms with Crippen LogP contribution in [0.15, 0.2) is 30.3 Å². The van der Waals surface area contributed by atoms with Gasteiger partial charge in [-0.05, 0) is 35.8 Å². The van der Waals surface area contributed by atoms with Gasteiger partial charge in [-0.1, -0.05) is 54.9 Å². The van der Waals surface area contributed by atoms with Gasteiger partial charge in [0.2, 0.25) is 5.91 Å². The molecule has 3 unspecified atom stereocenters. The van der Waals surface area contributed by atoms with Crippen LogP contribution in [0.2, 0.25) is 0 Å². The van der Waals surface area contributed by atoms with Crippen molar-refractivity contribution < 1.29 is 4.79 Å². The molecule has 4 rings (SSSR count). The SMILES string of the molecule is CC12CCC(C(=O)Nc3ccccc3)(C1Br)C2(C)C. The number of anilines is 1. The minimum Gasteiger partial charge on any atom is -0.326 e. The number of hydrogen-bond donors (Lipinski definition) is 1. The maximum Gasteiger partial charge on any atom is 0.232 e. The van der Waals surface area contributed by atoms with Crippen molar-refractivity contribution in [2.24, 2.45) is 16.2 Å². The maximum atomic E-state index is 12.8. The molecular weight excluding hydrogens is 302 g/mol. The number of nitrogens with one attached hydrogen (secondary N) is 1. The first-order chi connectivity index (χ1) is 8.86. The maximum absolute atomic E-state index is 12.8. The first-order valence-electron chi connectivity index (χ1n) is 6.87. The third kappa shape index (κ3) is 1.35. The van der Waals surface area contributed by atoms with Gasteiger partial charge in [0.1, 0.15) is 0 Å². The Morgan fingerprint density at radius 1 is 1.21 bits per heavy atom. The van der Waals surface area contributed by atoms with E-state index in [1.807, 2.05) is 30.3 Å². The van der Waals surface area contributed by atoms with E-state index < -0.39 is 0 Å². The smallest absolute Gasteiger partial charge is 0.232 e. The third-order valence-corrected chi connectivity index (χ3v) is 7.80. The fourth-order valence-corrected chi connectivity index (χ4v) is 6.03. The Bertz CT molecular complexity index is 527. The second kappa shape index (κ2) is 3.85. The lowest BCUT2D eigenvalue weighted by Gasteiger charge is -2.64. The highest BCUT2D eigenvalue weighted by Gasteiger charge is 2.80. The lowest BCUT2D eigenvalue weighted by atomic mass is 9.43. The summed E-state index contributed by atoms with van der Waals surface area (Å²) >= 11 is 3.80. The summed E-state index contributed by atoms with van der Waals surface area (Å²) in [4.78, 5) is 13.1. The van der Waals surface area contributed by atoms with Crippen LogP contribution in [-0.4, -0.2) is 10.7 Å². The number of rotatable bonds is 2. The zero-order valence-electron chi connectivity index (χ0n) is 11.7. The first-order valence-corrected chi connectivity index (χ1v) is 7.78. The molecule has 0 heterocycles. The Kier molecular flexibility index (Phi) is 2.66. The van der Waals surface area contributed by atoms with Crippen molar-refractivity contribution in [2.75, 3.05) is 5.32 Å². The zero-order chi connectivity index (χ0) is 13.9. The second-order valence-electron chi connectivity index (χ2n) is 6.70. The van der Waals surface area contributed by atoms with Crippen LogP contribution >= 0.6 is 15.9 Å². The summed E-state index contributed by atoms with van der Waals surface area (Å²) in [7, 11) is 0. The summed E-state index contributed by atoms with van der Waals surface area (Å²) in [5, 5.41) is 3.10. The Morgan fingerprint density at radius 2 is 1.84 bits per heavy atom.